The third kappa shape index (κ3) is 3.94. The van der Waals surface area contributed by atoms with Gasteiger partial charge in [0.1, 0.15) is 17.6 Å². The zero-order valence-corrected chi connectivity index (χ0v) is 16.5. The highest BCUT2D eigenvalue weighted by Crippen LogP contribution is 2.35. The van der Waals surface area contributed by atoms with E-state index in [1.807, 2.05) is 32.0 Å². The van der Waals surface area contributed by atoms with Crippen LogP contribution in [0.2, 0.25) is 0 Å². The molecule has 2 heterocycles. The molecule has 0 bridgehead atoms. The van der Waals surface area contributed by atoms with Gasteiger partial charge in [-0.3, -0.25) is 9.59 Å². The van der Waals surface area contributed by atoms with E-state index in [-0.39, 0.29) is 24.0 Å². The molecule has 4 rings (SSSR count). The van der Waals surface area contributed by atoms with Crippen LogP contribution in [0.4, 0.5) is 0 Å². The van der Waals surface area contributed by atoms with Gasteiger partial charge in [0.15, 0.2) is 0 Å². The van der Waals surface area contributed by atoms with E-state index in [0.717, 1.165) is 29.0 Å². The van der Waals surface area contributed by atoms with E-state index in [4.69, 9.17) is 9.47 Å². The average Bonchev–Trinajstić information content (AvgIpc) is 3.07. The fraction of sp³-hybridized carbons (Fsp3) is 0.318. The van der Waals surface area contributed by atoms with E-state index in [0.29, 0.717) is 29.6 Å². The molecule has 1 amide bonds. The first kappa shape index (κ1) is 19.0. The Balaban J connectivity index is 1.50. The maximum atomic E-state index is 12.6. The Labute approximate surface area is 168 Å². The van der Waals surface area contributed by atoms with Crippen molar-refractivity contribution >= 4 is 16.7 Å². The molecule has 0 fully saturated rings. The molecule has 7 heteroatoms. The molecule has 0 saturated heterocycles. The van der Waals surface area contributed by atoms with Crippen LogP contribution in [0.15, 0.2) is 41.2 Å². The van der Waals surface area contributed by atoms with E-state index < -0.39 is 0 Å². The van der Waals surface area contributed by atoms with E-state index in [2.05, 4.69) is 15.5 Å². The summed E-state index contributed by atoms with van der Waals surface area (Å²) in [5, 5.41) is 10.6. The summed E-state index contributed by atoms with van der Waals surface area (Å²) in [6.45, 7) is 4.83. The molecule has 1 aliphatic rings. The lowest BCUT2D eigenvalue weighted by Gasteiger charge is -2.13. The fourth-order valence-corrected chi connectivity index (χ4v) is 3.62. The minimum absolute atomic E-state index is 0.0692. The molecule has 0 unspecified atom stereocenters. The minimum atomic E-state index is -0.265. The van der Waals surface area contributed by atoms with Gasteiger partial charge in [-0.15, -0.1) is 0 Å². The Morgan fingerprint density at radius 2 is 2.10 bits per heavy atom. The molecule has 2 aromatic carbocycles. The van der Waals surface area contributed by atoms with Crippen LogP contribution in [0.1, 0.15) is 30.7 Å². The summed E-state index contributed by atoms with van der Waals surface area (Å²) >= 11 is 0. The average molecular weight is 393 g/mol. The maximum Gasteiger partial charge on any atom is 0.272 e. The van der Waals surface area contributed by atoms with Crippen molar-refractivity contribution in [3.63, 3.8) is 0 Å². The summed E-state index contributed by atoms with van der Waals surface area (Å²) in [7, 11) is 0. The lowest BCUT2D eigenvalue weighted by molar-refractivity contribution is -0.120. The molecule has 150 valence electrons. The highest BCUT2D eigenvalue weighted by atomic mass is 16.5. The van der Waals surface area contributed by atoms with Crippen LogP contribution in [0.5, 0.6) is 11.5 Å². The van der Waals surface area contributed by atoms with Gasteiger partial charge >= 0.3 is 0 Å². The topological polar surface area (TPSA) is 93.3 Å². The summed E-state index contributed by atoms with van der Waals surface area (Å²) < 4.78 is 11.6. The normalized spacial score (nSPS) is 15.0. The molecule has 0 aliphatic carbocycles. The van der Waals surface area contributed by atoms with Crippen molar-refractivity contribution in [1.82, 2.24) is 15.5 Å². The highest BCUT2D eigenvalue weighted by molar-refractivity contribution is 5.88. The molecule has 3 aromatic rings. The number of aromatic amines is 1. The number of fused-ring (bicyclic) bond motifs is 2. The number of benzene rings is 2. The number of rotatable bonds is 6. The second kappa shape index (κ2) is 7.95. The number of ether oxygens (including phenoxy) is 2. The van der Waals surface area contributed by atoms with Gasteiger partial charge in [0.25, 0.3) is 5.56 Å². The minimum Gasteiger partial charge on any atom is -0.494 e. The van der Waals surface area contributed by atoms with Crippen molar-refractivity contribution in [3.05, 3.63) is 63.6 Å². The van der Waals surface area contributed by atoms with E-state index >= 15 is 0 Å². The van der Waals surface area contributed by atoms with Crippen LogP contribution in [-0.4, -0.2) is 28.8 Å². The monoisotopic (exact) mass is 393 g/mol. The first-order valence-electron chi connectivity index (χ1n) is 9.73. The molecule has 1 atom stereocenters. The molecule has 0 saturated carbocycles. The van der Waals surface area contributed by atoms with E-state index in [1.54, 1.807) is 18.2 Å². The Kier molecular flexibility index (Phi) is 5.20. The zero-order valence-electron chi connectivity index (χ0n) is 16.5. The van der Waals surface area contributed by atoms with Gasteiger partial charge in [-0.2, -0.15) is 5.10 Å². The molecule has 1 aliphatic heterocycles. The Hall–Kier alpha value is -3.35. The SMILES string of the molecule is CCOc1cc2c(cc1CNC(=O)Cc1n[nH]c(=O)c3ccccc13)O[C@@H](C)C2. The van der Waals surface area contributed by atoms with Gasteiger partial charge in [0.05, 0.1) is 24.1 Å². The van der Waals surface area contributed by atoms with Crippen molar-refractivity contribution in [2.45, 2.75) is 39.3 Å². The Morgan fingerprint density at radius 1 is 1.31 bits per heavy atom. The fourth-order valence-electron chi connectivity index (χ4n) is 3.62. The number of carbonyl (C=O) groups excluding carboxylic acids is 1. The number of carbonyl (C=O) groups is 1. The zero-order chi connectivity index (χ0) is 20.4. The van der Waals surface area contributed by atoms with Gasteiger partial charge in [-0.05, 0) is 32.0 Å². The lowest BCUT2D eigenvalue weighted by Crippen LogP contribution is -2.26. The third-order valence-corrected chi connectivity index (χ3v) is 4.96. The van der Waals surface area contributed by atoms with Gasteiger partial charge in [0, 0.05) is 29.5 Å². The second-order valence-corrected chi connectivity index (χ2v) is 7.13. The maximum absolute atomic E-state index is 12.6. The summed E-state index contributed by atoms with van der Waals surface area (Å²) in [5.74, 6) is 1.42. The van der Waals surface area contributed by atoms with E-state index in [1.165, 1.54) is 0 Å². The van der Waals surface area contributed by atoms with Crippen LogP contribution >= 0.6 is 0 Å². The number of aromatic nitrogens is 2. The molecular formula is C22H23N3O4. The van der Waals surface area contributed by atoms with Crippen LogP contribution in [0.3, 0.4) is 0 Å². The number of amides is 1. The molecule has 1 aromatic heterocycles. The Bertz CT molecular complexity index is 1120. The third-order valence-electron chi connectivity index (χ3n) is 4.96. The molecule has 0 spiro atoms. The van der Waals surface area contributed by atoms with Crippen molar-refractivity contribution in [3.8, 4) is 11.5 Å². The smallest absolute Gasteiger partial charge is 0.272 e. The van der Waals surface area contributed by atoms with E-state index in [9.17, 15) is 9.59 Å². The van der Waals surface area contributed by atoms with Gasteiger partial charge in [-0.1, -0.05) is 18.2 Å². The number of hydrogen-bond donors (Lipinski definition) is 2. The van der Waals surface area contributed by atoms with Crippen LogP contribution in [0, 0.1) is 0 Å². The summed E-state index contributed by atoms with van der Waals surface area (Å²) in [6, 6.07) is 11.1. The summed E-state index contributed by atoms with van der Waals surface area (Å²) in [4.78, 5) is 24.5. The van der Waals surface area contributed by atoms with Crippen molar-refractivity contribution in [2.24, 2.45) is 0 Å². The van der Waals surface area contributed by atoms with Crippen LogP contribution < -0.4 is 20.3 Å². The molecule has 29 heavy (non-hydrogen) atoms. The number of H-pyrrole nitrogens is 1. The predicted octanol–water partition coefficient (Wildman–Crippen LogP) is 2.50. The standard InChI is InChI=1S/C22H23N3O4/c1-3-28-19-9-14-8-13(2)29-20(14)10-15(19)12-23-21(26)11-18-16-6-4-5-7-17(16)22(27)25-24-18/h4-7,9-10,13H,3,8,11-12H2,1-2H3,(H,23,26)(H,25,27)/t13-/m0/s1. The van der Waals surface area contributed by atoms with Crippen LogP contribution in [0.25, 0.3) is 10.8 Å². The number of nitrogens with zero attached hydrogens (tertiary/aromatic N) is 1. The second-order valence-electron chi connectivity index (χ2n) is 7.13. The summed E-state index contributed by atoms with van der Waals surface area (Å²) in [6.07, 6.45) is 1.07. The lowest BCUT2D eigenvalue weighted by atomic mass is 10.1. The largest absolute Gasteiger partial charge is 0.494 e. The number of hydrogen-bond acceptors (Lipinski definition) is 5. The highest BCUT2D eigenvalue weighted by Gasteiger charge is 2.22. The van der Waals surface area contributed by atoms with Crippen molar-refractivity contribution in [1.29, 1.82) is 0 Å². The quantitative estimate of drug-likeness (QED) is 0.671. The molecular weight excluding hydrogens is 370 g/mol. The Morgan fingerprint density at radius 3 is 2.90 bits per heavy atom. The van der Waals surface area contributed by atoms with Crippen molar-refractivity contribution < 1.29 is 14.3 Å². The molecule has 7 nitrogen and oxygen atoms in total. The first-order chi connectivity index (χ1) is 14.0. The van der Waals surface area contributed by atoms with Crippen molar-refractivity contribution in [2.75, 3.05) is 6.61 Å². The van der Waals surface area contributed by atoms with Crippen LogP contribution in [-0.2, 0) is 24.2 Å². The predicted molar refractivity (Wildman–Crippen MR) is 109 cm³/mol. The molecule has 2 N–H and O–H groups in total. The first-order valence-corrected chi connectivity index (χ1v) is 9.73. The van der Waals surface area contributed by atoms with Gasteiger partial charge in [0.2, 0.25) is 5.91 Å². The van der Waals surface area contributed by atoms with Gasteiger partial charge < -0.3 is 14.8 Å². The molecule has 0 radical (unpaired) electrons. The van der Waals surface area contributed by atoms with Gasteiger partial charge in [-0.25, -0.2) is 5.10 Å². The number of nitrogens with one attached hydrogen (secondary N) is 2. The summed E-state index contributed by atoms with van der Waals surface area (Å²) in [5.41, 5.74) is 2.26.